The number of carbonyl (C=O) groups excluding carboxylic acids is 1. The van der Waals surface area contributed by atoms with Gasteiger partial charge in [-0.05, 0) is 30.9 Å². The molecule has 0 radical (unpaired) electrons. The van der Waals surface area contributed by atoms with Gasteiger partial charge in [0.05, 0.1) is 0 Å². The van der Waals surface area contributed by atoms with Gasteiger partial charge in [-0.3, -0.25) is 4.79 Å². The number of hydrogen-bond acceptors (Lipinski definition) is 1. The highest BCUT2D eigenvalue weighted by Gasteiger charge is 2.21. The third-order valence-electron chi connectivity index (χ3n) is 2.94. The van der Waals surface area contributed by atoms with E-state index in [1.807, 2.05) is 23.1 Å². The molecule has 0 saturated carbocycles. The van der Waals surface area contributed by atoms with Crippen LogP contribution in [0.15, 0.2) is 24.3 Å². The molecule has 1 aromatic carbocycles. The Kier molecular flexibility index (Phi) is 3.83. The zero-order valence-electron chi connectivity index (χ0n) is 9.29. The lowest BCUT2D eigenvalue weighted by Crippen LogP contribution is -2.35. The number of carbonyl (C=O) groups is 1. The molecule has 16 heavy (non-hydrogen) atoms. The van der Waals surface area contributed by atoms with E-state index >= 15 is 0 Å². The number of hydrogen-bond donors (Lipinski definition) is 0. The predicted octanol–water partition coefficient (Wildman–Crippen LogP) is 2.98. The fourth-order valence-electron chi connectivity index (χ4n) is 2.15. The first-order valence-corrected chi connectivity index (χ1v) is 6.30. The summed E-state index contributed by atoms with van der Waals surface area (Å²) in [5.74, 6) is 0.758. The van der Waals surface area contributed by atoms with Crippen LogP contribution >= 0.6 is 11.6 Å². The molecule has 0 atom stereocenters. The van der Waals surface area contributed by atoms with E-state index < -0.39 is 0 Å². The fourth-order valence-corrected chi connectivity index (χ4v) is 2.28. The van der Waals surface area contributed by atoms with E-state index in [-0.39, 0.29) is 5.91 Å². The van der Waals surface area contributed by atoms with E-state index in [0.717, 1.165) is 31.5 Å². The monoisotopic (exact) mass is 237 g/mol. The zero-order valence-corrected chi connectivity index (χ0v) is 10.0. The molecule has 2 nitrogen and oxygen atoms in total. The Labute approximate surface area is 101 Å². The second-order valence-electron chi connectivity index (χ2n) is 4.07. The first kappa shape index (κ1) is 11.5. The Balaban J connectivity index is 2.15. The lowest BCUT2D eigenvalue weighted by molar-refractivity contribution is -0.118. The summed E-state index contributed by atoms with van der Waals surface area (Å²) in [6.45, 7) is 0.845. The molecule has 0 saturated heterocycles. The molecule has 0 aliphatic carbocycles. The predicted molar refractivity (Wildman–Crippen MR) is 67.1 cm³/mol. The van der Waals surface area contributed by atoms with Crippen molar-refractivity contribution in [3.8, 4) is 0 Å². The van der Waals surface area contributed by atoms with E-state index in [2.05, 4.69) is 6.07 Å². The second kappa shape index (κ2) is 5.35. The van der Waals surface area contributed by atoms with Gasteiger partial charge in [0.15, 0.2) is 0 Å². The number of halogens is 1. The minimum Gasteiger partial charge on any atom is -0.312 e. The van der Waals surface area contributed by atoms with Crippen LogP contribution in [-0.4, -0.2) is 18.3 Å². The van der Waals surface area contributed by atoms with Crippen molar-refractivity contribution in [2.75, 3.05) is 17.3 Å². The molecule has 0 N–H and O–H groups in total. The maximum atomic E-state index is 12.0. The molecule has 0 aromatic heterocycles. The smallest absolute Gasteiger partial charge is 0.227 e. The lowest BCUT2D eigenvalue weighted by atomic mass is 10.0. The number of para-hydroxylation sites is 1. The number of amides is 1. The van der Waals surface area contributed by atoms with Gasteiger partial charge in [0.2, 0.25) is 5.91 Å². The number of rotatable bonds is 3. The van der Waals surface area contributed by atoms with E-state index in [1.54, 1.807) is 0 Å². The van der Waals surface area contributed by atoms with Crippen molar-refractivity contribution in [1.29, 1.82) is 0 Å². The molecule has 1 amide bonds. The maximum absolute atomic E-state index is 12.0. The lowest BCUT2D eigenvalue weighted by Gasteiger charge is -2.29. The molecule has 1 aromatic rings. The summed E-state index contributed by atoms with van der Waals surface area (Å²) >= 11 is 5.61. The van der Waals surface area contributed by atoms with Crippen LogP contribution in [0.3, 0.4) is 0 Å². The third kappa shape index (κ3) is 2.38. The van der Waals surface area contributed by atoms with Crippen molar-refractivity contribution >= 4 is 23.2 Å². The summed E-state index contributed by atoms with van der Waals surface area (Å²) in [7, 11) is 0. The topological polar surface area (TPSA) is 20.3 Å². The average molecular weight is 238 g/mol. The molecule has 0 fully saturated rings. The minimum absolute atomic E-state index is 0.202. The number of fused-ring (bicyclic) bond motifs is 1. The molecular weight excluding hydrogens is 222 g/mol. The molecule has 0 bridgehead atoms. The molecule has 0 spiro atoms. The molecular formula is C13H16ClNO. The standard InChI is InChI=1S/C13H16ClNO/c14-9-3-8-13(16)15-10-4-6-11-5-1-2-7-12(11)15/h1-2,5,7H,3-4,6,8-10H2. The number of alkyl halides is 1. The van der Waals surface area contributed by atoms with Crippen molar-refractivity contribution in [3.63, 3.8) is 0 Å². The second-order valence-corrected chi connectivity index (χ2v) is 4.45. The maximum Gasteiger partial charge on any atom is 0.227 e. The van der Waals surface area contributed by atoms with Gasteiger partial charge in [0.1, 0.15) is 0 Å². The van der Waals surface area contributed by atoms with Crippen molar-refractivity contribution in [2.45, 2.75) is 25.7 Å². The fraction of sp³-hybridized carbons (Fsp3) is 0.462. The Morgan fingerprint density at radius 2 is 2.19 bits per heavy atom. The molecule has 1 aliphatic heterocycles. The third-order valence-corrected chi connectivity index (χ3v) is 3.20. The van der Waals surface area contributed by atoms with Crippen LogP contribution in [-0.2, 0) is 11.2 Å². The van der Waals surface area contributed by atoms with E-state index in [9.17, 15) is 4.79 Å². The van der Waals surface area contributed by atoms with Crippen LogP contribution < -0.4 is 4.90 Å². The Morgan fingerprint density at radius 1 is 1.38 bits per heavy atom. The zero-order chi connectivity index (χ0) is 11.4. The van der Waals surface area contributed by atoms with Crippen LogP contribution in [0.5, 0.6) is 0 Å². The summed E-state index contributed by atoms with van der Waals surface area (Å²) in [5.41, 5.74) is 2.38. The Bertz CT molecular complexity index is 378. The van der Waals surface area contributed by atoms with Gasteiger partial charge < -0.3 is 4.90 Å². The quantitative estimate of drug-likeness (QED) is 0.741. The summed E-state index contributed by atoms with van der Waals surface area (Å²) < 4.78 is 0. The van der Waals surface area contributed by atoms with Crippen molar-refractivity contribution in [1.82, 2.24) is 0 Å². The number of benzene rings is 1. The minimum atomic E-state index is 0.202. The summed E-state index contributed by atoms with van der Waals surface area (Å²) in [6, 6.07) is 8.17. The van der Waals surface area contributed by atoms with Gasteiger partial charge in [-0.2, -0.15) is 0 Å². The van der Waals surface area contributed by atoms with Crippen LogP contribution in [0, 0.1) is 0 Å². The Hall–Kier alpha value is -1.02. The number of nitrogens with zero attached hydrogens (tertiary/aromatic N) is 1. The molecule has 3 heteroatoms. The largest absolute Gasteiger partial charge is 0.312 e. The van der Waals surface area contributed by atoms with Gasteiger partial charge in [-0.25, -0.2) is 0 Å². The van der Waals surface area contributed by atoms with Gasteiger partial charge in [-0.15, -0.1) is 11.6 Å². The first-order chi connectivity index (χ1) is 7.83. The van der Waals surface area contributed by atoms with Gasteiger partial charge in [0.25, 0.3) is 0 Å². The van der Waals surface area contributed by atoms with Crippen LogP contribution in [0.1, 0.15) is 24.8 Å². The van der Waals surface area contributed by atoms with E-state index in [0.29, 0.717) is 12.3 Å². The highest BCUT2D eigenvalue weighted by molar-refractivity contribution is 6.18. The summed E-state index contributed by atoms with van der Waals surface area (Å²) in [5, 5.41) is 0. The average Bonchev–Trinajstić information content (AvgIpc) is 2.35. The van der Waals surface area contributed by atoms with Crippen LogP contribution in [0.25, 0.3) is 0 Å². The summed E-state index contributed by atoms with van der Waals surface area (Å²) in [6.07, 6.45) is 3.45. The highest BCUT2D eigenvalue weighted by Crippen LogP contribution is 2.27. The van der Waals surface area contributed by atoms with Crippen molar-refractivity contribution in [2.24, 2.45) is 0 Å². The molecule has 1 aliphatic rings. The number of aryl methyl sites for hydroxylation is 1. The SMILES string of the molecule is O=C(CCCCl)N1CCCc2ccccc21. The molecule has 0 unspecified atom stereocenters. The van der Waals surface area contributed by atoms with Crippen LogP contribution in [0.2, 0.25) is 0 Å². The van der Waals surface area contributed by atoms with E-state index in [1.165, 1.54) is 5.56 Å². The van der Waals surface area contributed by atoms with E-state index in [4.69, 9.17) is 11.6 Å². The highest BCUT2D eigenvalue weighted by atomic mass is 35.5. The van der Waals surface area contributed by atoms with Crippen molar-refractivity contribution in [3.05, 3.63) is 29.8 Å². The van der Waals surface area contributed by atoms with Gasteiger partial charge in [0, 0.05) is 24.5 Å². The Morgan fingerprint density at radius 3 is 3.00 bits per heavy atom. The first-order valence-electron chi connectivity index (χ1n) is 5.77. The van der Waals surface area contributed by atoms with Gasteiger partial charge >= 0.3 is 0 Å². The molecule has 86 valence electrons. The number of anilines is 1. The van der Waals surface area contributed by atoms with Crippen LogP contribution in [0.4, 0.5) is 5.69 Å². The molecule has 2 rings (SSSR count). The summed E-state index contributed by atoms with van der Waals surface area (Å²) in [4.78, 5) is 13.9. The van der Waals surface area contributed by atoms with Gasteiger partial charge in [-0.1, -0.05) is 18.2 Å². The molecule has 1 heterocycles. The normalized spacial score (nSPS) is 14.7. The van der Waals surface area contributed by atoms with Crippen molar-refractivity contribution < 1.29 is 4.79 Å².